The number of nitrogens with one attached hydrogen (secondary N) is 1. The van der Waals surface area contributed by atoms with E-state index in [2.05, 4.69) is 5.32 Å². The number of hydrogen-bond donors (Lipinski definition) is 1. The number of thiazole rings is 1. The van der Waals surface area contributed by atoms with Gasteiger partial charge in [0.2, 0.25) is 11.6 Å². The lowest BCUT2D eigenvalue weighted by molar-refractivity contribution is -0.131. The van der Waals surface area contributed by atoms with Crippen molar-refractivity contribution >= 4 is 29.0 Å². The van der Waals surface area contributed by atoms with Gasteiger partial charge in [0, 0.05) is 16.8 Å². The van der Waals surface area contributed by atoms with E-state index in [-0.39, 0.29) is 11.5 Å². The van der Waals surface area contributed by atoms with Crippen LogP contribution in [0.15, 0.2) is 81.3 Å². The van der Waals surface area contributed by atoms with E-state index in [1.165, 1.54) is 11.3 Å². The molecule has 0 radical (unpaired) electrons. The van der Waals surface area contributed by atoms with Crippen LogP contribution in [0, 0.1) is 12.8 Å². The van der Waals surface area contributed by atoms with Crippen LogP contribution < -0.4 is 24.9 Å². The molecule has 7 nitrogen and oxygen atoms in total. The standard InChI is InChI=1S/C26H21N3O4S/c1-15-7-3-5-9-18(15)27-23(30)21-22-17-8-4-6-10-19(17)33-26(21,2)28-25-29(22)24(31)20(34-25)13-16-11-12-32-14-16/h3-14,21-22H,1-2H3,(H,27,30)/b20-13-/t21-,22+,26+/m0/s1. The Morgan fingerprint density at radius 1 is 1.18 bits per heavy atom. The lowest BCUT2D eigenvalue weighted by Crippen LogP contribution is -2.59. The quantitative estimate of drug-likeness (QED) is 0.497. The maximum absolute atomic E-state index is 13.7. The highest BCUT2D eigenvalue weighted by molar-refractivity contribution is 7.07. The molecule has 2 aromatic heterocycles. The minimum atomic E-state index is -1.17. The Balaban J connectivity index is 1.55. The maximum Gasteiger partial charge on any atom is 0.270 e. The normalized spacial score (nSPS) is 22.8. The van der Waals surface area contributed by atoms with Crippen LogP contribution in [0.4, 0.5) is 5.69 Å². The van der Waals surface area contributed by atoms with E-state index in [9.17, 15) is 9.59 Å². The van der Waals surface area contributed by atoms with E-state index in [1.54, 1.807) is 29.2 Å². The zero-order valence-electron chi connectivity index (χ0n) is 18.5. The number of ether oxygens (including phenoxy) is 1. The zero-order valence-corrected chi connectivity index (χ0v) is 19.3. The fourth-order valence-electron chi connectivity index (χ4n) is 4.78. The number of carbonyl (C=O) groups excluding carboxylic acids is 1. The molecule has 8 heteroatoms. The molecule has 2 aliphatic heterocycles. The van der Waals surface area contributed by atoms with Gasteiger partial charge in [0.25, 0.3) is 5.56 Å². The molecule has 0 saturated carbocycles. The summed E-state index contributed by atoms with van der Waals surface area (Å²) in [5.41, 5.74) is 1.88. The van der Waals surface area contributed by atoms with Gasteiger partial charge in [-0.15, -0.1) is 0 Å². The molecule has 34 heavy (non-hydrogen) atoms. The Hall–Kier alpha value is -3.91. The van der Waals surface area contributed by atoms with Crippen molar-refractivity contribution in [1.29, 1.82) is 0 Å². The third kappa shape index (κ3) is 3.13. The Kier molecular flexibility index (Phi) is 4.60. The predicted octanol–water partition coefficient (Wildman–Crippen LogP) is 3.23. The van der Waals surface area contributed by atoms with Crippen LogP contribution in [0.3, 0.4) is 0 Å². The van der Waals surface area contributed by atoms with Crippen LogP contribution in [0.5, 0.6) is 5.75 Å². The Bertz CT molecular complexity index is 1600. The summed E-state index contributed by atoms with van der Waals surface area (Å²) in [6.45, 7) is 3.75. The number of nitrogens with zero attached hydrogens (tertiary/aromatic N) is 2. The highest BCUT2D eigenvalue weighted by Gasteiger charge is 2.55. The maximum atomic E-state index is 13.7. The first-order chi connectivity index (χ1) is 16.4. The Morgan fingerprint density at radius 2 is 1.97 bits per heavy atom. The van der Waals surface area contributed by atoms with Crippen LogP contribution in [-0.2, 0) is 4.79 Å². The molecule has 1 amide bonds. The predicted molar refractivity (Wildman–Crippen MR) is 129 cm³/mol. The number of amides is 1. The van der Waals surface area contributed by atoms with Crippen molar-refractivity contribution < 1.29 is 13.9 Å². The van der Waals surface area contributed by atoms with Gasteiger partial charge in [0.15, 0.2) is 4.80 Å². The second-order valence-electron chi connectivity index (χ2n) is 8.66. The molecule has 170 valence electrons. The van der Waals surface area contributed by atoms with Crippen molar-refractivity contribution in [1.82, 2.24) is 4.57 Å². The van der Waals surface area contributed by atoms with Gasteiger partial charge in [-0.3, -0.25) is 14.2 Å². The fourth-order valence-corrected chi connectivity index (χ4v) is 5.87. The topological polar surface area (TPSA) is 85.8 Å². The van der Waals surface area contributed by atoms with Crippen molar-refractivity contribution in [2.45, 2.75) is 25.6 Å². The van der Waals surface area contributed by atoms with Gasteiger partial charge in [-0.25, -0.2) is 4.99 Å². The Morgan fingerprint density at radius 3 is 2.76 bits per heavy atom. The molecule has 6 rings (SSSR count). The molecule has 0 saturated heterocycles. The second kappa shape index (κ2) is 7.56. The minimum absolute atomic E-state index is 0.192. The summed E-state index contributed by atoms with van der Waals surface area (Å²) in [5, 5.41) is 3.05. The van der Waals surface area contributed by atoms with E-state index in [0.717, 1.165) is 22.4 Å². The summed E-state index contributed by atoms with van der Waals surface area (Å²) in [4.78, 5) is 32.7. The number of aryl methyl sites for hydroxylation is 1. The number of furan rings is 1. The molecular weight excluding hydrogens is 450 g/mol. The van der Waals surface area contributed by atoms with E-state index >= 15 is 0 Å². The summed E-state index contributed by atoms with van der Waals surface area (Å²) in [7, 11) is 0. The van der Waals surface area contributed by atoms with Gasteiger partial charge >= 0.3 is 0 Å². The first-order valence-corrected chi connectivity index (χ1v) is 11.8. The molecule has 2 aliphatic rings. The van der Waals surface area contributed by atoms with E-state index in [0.29, 0.717) is 15.1 Å². The molecule has 0 fully saturated rings. The molecule has 2 aromatic carbocycles. The highest BCUT2D eigenvalue weighted by atomic mass is 32.1. The molecule has 1 N–H and O–H groups in total. The number of rotatable bonds is 3. The summed E-state index contributed by atoms with van der Waals surface area (Å²) >= 11 is 1.29. The number of aromatic nitrogens is 1. The van der Waals surface area contributed by atoms with Crippen LogP contribution in [0.2, 0.25) is 0 Å². The van der Waals surface area contributed by atoms with Gasteiger partial charge in [-0.1, -0.05) is 47.7 Å². The molecule has 0 spiro atoms. The second-order valence-corrected chi connectivity index (χ2v) is 9.67. The molecule has 0 unspecified atom stereocenters. The SMILES string of the molecule is Cc1ccccc1NC(=O)[C@@H]1[C@H]2c3ccccc3O[C@@]1(C)N=c1s/c(=C\c3ccoc3)c(=O)n12. The van der Waals surface area contributed by atoms with E-state index in [4.69, 9.17) is 14.1 Å². The lowest BCUT2D eigenvalue weighted by atomic mass is 9.80. The number of carbonyl (C=O) groups is 1. The summed E-state index contributed by atoms with van der Waals surface area (Å²) in [6, 6.07) is 16.4. The van der Waals surface area contributed by atoms with E-state index < -0.39 is 17.7 Å². The van der Waals surface area contributed by atoms with Crippen molar-refractivity contribution in [2.24, 2.45) is 10.9 Å². The molecule has 3 atom stereocenters. The summed E-state index contributed by atoms with van der Waals surface area (Å²) < 4.78 is 13.6. The largest absolute Gasteiger partial charge is 0.472 e. The van der Waals surface area contributed by atoms with Crippen molar-refractivity contribution in [2.75, 3.05) is 5.32 Å². The summed E-state index contributed by atoms with van der Waals surface area (Å²) in [5.74, 6) is -0.365. The van der Waals surface area contributed by atoms with Gasteiger partial charge in [0.1, 0.15) is 11.7 Å². The van der Waals surface area contributed by atoms with Crippen molar-refractivity contribution in [3.05, 3.63) is 104 Å². The first-order valence-electron chi connectivity index (χ1n) is 10.9. The van der Waals surface area contributed by atoms with Gasteiger partial charge < -0.3 is 14.5 Å². The van der Waals surface area contributed by atoms with Crippen LogP contribution in [0.25, 0.3) is 6.08 Å². The van der Waals surface area contributed by atoms with Gasteiger partial charge in [-0.05, 0) is 43.7 Å². The lowest BCUT2D eigenvalue weighted by Gasteiger charge is -2.45. The van der Waals surface area contributed by atoms with Crippen LogP contribution in [-0.4, -0.2) is 16.2 Å². The fraction of sp³-hybridized carbons (Fsp3) is 0.192. The smallest absolute Gasteiger partial charge is 0.270 e. The number of anilines is 1. The number of hydrogen-bond acceptors (Lipinski definition) is 6. The van der Waals surface area contributed by atoms with Crippen molar-refractivity contribution in [3.63, 3.8) is 0 Å². The zero-order chi connectivity index (χ0) is 23.4. The monoisotopic (exact) mass is 471 g/mol. The molecule has 4 aromatic rings. The molecule has 4 heterocycles. The number of benzene rings is 2. The first kappa shape index (κ1) is 20.7. The molecule has 0 aliphatic carbocycles. The van der Waals surface area contributed by atoms with Gasteiger partial charge in [0.05, 0.1) is 23.1 Å². The highest BCUT2D eigenvalue weighted by Crippen LogP contribution is 2.47. The third-order valence-electron chi connectivity index (χ3n) is 6.41. The average Bonchev–Trinajstić information content (AvgIpc) is 3.42. The number of fused-ring (bicyclic) bond motifs is 6. The number of para-hydroxylation sites is 2. The molecular formula is C26H21N3O4S. The van der Waals surface area contributed by atoms with Crippen molar-refractivity contribution in [3.8, 4) is 5.75 Å². The van der Waals surface area contributed by atoms with Gasteiger partial charge in [-0.2, -0.15) is 0 Å². The van der Waals surface area contributed by atoms with E-state index in [1.807, 2.05) is 62.4 Å². The third-order valence-corrected chi connectivity index (χ3v) is 7.39. The average molecular weight is 472 g/mol. The van der Waals surface area contributed by atoms with Crippen LogP contribution >= 0.6 is 11.3 Å². The summed E-state index contributed by atoms with van der Waals surface area (Å²) in [6.07, 6.45) is 4.92. The Labute approximate surface area is 198 Å². The molecule has 2 bridgehead atoms. The minimum Gasteiger partial charge on any atom is -0.472 e. The van der Waals surface area contributed by atoms with Crippen LogP contribution in [0.1, 0.15) is 29.7 Å².